The zero-order valence-corrected chi connectivity index (χ0v) is 11.6. The molecule has 4 nitrogen and oxygen atoms in total. The molecule has 0 aromatic rings. The molecule has 0 saturated carbocycles. The van der Waals surface area contributed by atoms with E-state index in [1.807, 2.05) is 0 Å². The lowest BCUT2D eigenvalue weighted by Crippen LogP contribution is -2.22. The van der Waals surface area contributed by atoms with E-state index in [0.29, 0.717) is 0 Å². The van der Waals surface area contributed by atoms with Crippen LogP contribution in [0.3, 0.4) is 0 Å². The van der Waals surface area contributed by atoms with Gasteiger partial charge in [0.15, 0.2) is 0 Å². The van der Waals surface area contributed by atoms with Crippen LogP contribution < -0.4 is 0 Å². The molecule has 0 aromatic heterocycles. The highest BCUT2D eigenvalue weighted by molar-refractivity contribution is 7.86. The van der Waals surface area contributed by atoms with Gasteiger partial charge in [-0.25, -0.2) is 0 Å². The molecule has 19 heavy (non-hydrogen) atoms. The minimum absolute atomic E-state index is 1.12. The molecular weight excluding hydrogens is 283 g/mol. The van der Waals surface area contributed by atoms with Crippen LogP contribution in [0.5, 0.6) is 0 Å². The first kappa shape index (κ1) is 18.0. The molecule has 0 aliphatic carbocycles. The van der Waals surface area contributed by atoms with E-state index >= 15 is 0 Å². The van der Waals surface area contributed by atoms with Gasteiger partial charge in [0.25, 0.3) is 0 Å². The smallest absolute Gasteiger partial charge is 0.373 e. The molecule has 112 valence electrons. The number of hydrogen-bond acceptors (Lipinski definition) is 3. The van der Waals surface area contributed by atoms with E-state index in [1.165, 1.54) is 25.0 Å². The Morgan fingerprint density at radius 2 is 1.95 bits per heavy atom. The Kier molecular flexibility index (Phi) is 7.14. The van der Waals surface area contributed by atoms with E-state index in [9.17, 15) is 13.2 Å². The molecule has 0 bridgehead atoms. The summed E-state index contributed by atoms with van der Waals surface area (Å²) in [5.41, 5.74) is -4.07. The quantitative estimate of drug-likeness (QED) is 0.643. The maximum absolute atomic E-state index is 10.7. The van der Waals surface area contributed by atoms with Gasteiger partial charge >= 0.3 is 15.6 Å². The summed E-state index contributed by atoms with van der Waals surface area (Å²) >= 11 is 0. The van der Waals surface area contributed by atoms with Crippen molar-refractivity contribution in [2.75, 3.05) is 13.1 Å². The van der Waals surface area contributed by atoms with Crippen molar-refractivity contribution >= 4 is 10.1 Å². The van der Waals surface area contributed by atoms with E-state index in [4.69, 9.17) is 13.0 Å². The number of nitrogens with zero attached hydrogens (tertiary/aromatic N) is 1. The Bertz CT molecular complexity index is 427. The molecule has 0 fully saturated rings. The molecule has 1 heterocycles. The van der Waals surface area contributed by atoms with Gasteiger partial charge in [-0.2, -0.15) is 21.6 Å². The zero-order valence-electron chi connectivity index (χ0n) is 10.8. The summed E-state index contributed by atoms with van der Waals surface area (Å²) in [7, 11) is -5.84. The lowest BCUT2D eigenvalue weighted by Gasteiger charge is -2.22. The van der Waals surface area contributed by atoms with Crippen molar-refractivity contribution in [1.82, 2.24) is 4.90 Å². The second kappa shape index (κ2) is 7.54. The third-order valence-corrected chi connectivity index (χ3v) is 2.81. The lowest BCUT2D eigenvalue weighted by molar-refractivity contribution is -0.0510. The Hall–Kier alpha value is -1.02. The molecule has 1 N–H and O–H groups in total. The predicted octanol–water partition coefficient (Wildman–Crippen LogP) is 2.96. The zero-order chi connectivity index (χ0) is 15.1. The SMILES string of the molecule is CCCCN1C=CC=C(C)C1.O=S(=O)(O)C(F)(F)F. The molecule has 0 atom stereocenters. The van der Waals surface area contributed by atoms with Crippen molar-refractivity contribution < 1.29 is 26.1 Å². The maximum Gasteiger partial charge on any atom is 0.522 e. The minimum atomic E-state index is -5.84. The summed E-state index contributed by atoms with van der Waals surface area (Å²) in [6.07, 6.45) is 9.09. The van der Waals surface area contributed by atoms with Crippen molar-refractivity contribution in [3.63, 3.8) is 0 Å². The summed E-state index contributed by atoms with van der Waals surface area (Å²) < 4.78 is 57.5. The molecule has 0 unspecified atom stereocenters. The third-order valence-electron chi connectivity index (χ3n) is 2.22. The summed E-state index contributed by atoms with van der Waals surface area (Å²) in [6.45, 7) is 6.74. The molecule has 1 aliphatic rings. The van der Waals surface area contributed by atoms with Gasteiger partial charge in [-0.3, -0.25) is 4.55 Å². The summed E-state index contributed by atoms with van der Waals surface area (Å²) in [6, 6.07) is 0. The summed E-state index contributed by atoms with van der Waals surface area (Å²) in [5.74, 6) is 0. The first-order chi connectivity index (χ1) is 8.58. The van der Waals surface area contributed by atoms with E-state index in [1.54, 1.807) is 0 Å². The van der Waals surface area contributed by atoms with E-state index in [-0.39, 0.29) is 0 Å². The molecule has 0 radical (unpaired) electrons. The van der Waals surface area contributed by atoms with Crippen LogP contribution in [0, 0.1) is 0 Å². The van der Waals surface area contributed by atoms with Crippen LogP contribution >= 0.6 is 0 Å². The van der Waals surface area contributed by atoms with E-state index in [2.05, 4.69) is 37.1 Å². The normalized spacial score (nSPS) is 15.7. The van der Waals surface area contributed by atoms with Crippen molar-refractivity contribution in [2.45, 2.75) is 32.2 Å². The Labute approximate surface area is 111 Å². The van der Waals surface area contributed by atoms with Gasteiger partial charge in [-0.1, -0.05) is 25.0 Å². The van der Waals surface area contributed by atoms with E-state index < -0.39 is 15.6 Å². The highest BCUT2D eigenvalue weighted by Gasteiger charge is 2.44. The monoisotopic (exact) mass is 301 g/mol. The number of allylic oxidation sites excluding steroid dienone is 2. The molecule has 0 amide bonds. The average Bonchev–Trinajstić information content (AvgIpc) is 2.24. The van der Waals surface area contributed by atoms with Crippen LogP contribution in [-0.4, -0.2) is 36.5 Å². The fraction of sp³-hybridized carbons (Fsp3) is 0.636. The van der Waals surface area contributed by atoms with Crippen LogP contribution in [0.15, 0.2) is 23.9 Å². The van der Waals surface area contributed by atoms with Gasteiger partial charge < -0.3 is 4.90 Å². The van der Waals surface area contributed by atoms with Crippen molar-refractivity contribution in [1.29, 1.82) is 0 Å². The van der Waals surface area contributed by atoms with Crippen LogP contribution in [0.2, 0.25) is 0 Å². The minimum Gasteiger partial charge on any atom is -0.373 e. The maximum atomic E-state index is 10.7. The van der Waals surface area contributed by atoms with Gasteiger partial charge in [0.05, 0.1) is 0 Å². The van der Waals surface area contributed by atoms with Gasteiger partial charge in [-0.05, 0) is 25.6 Å². The molecule has 0 spiro atoms. The Morgan fingerprint density at radius 3 is 2.32 bits per heavy atom. The Balaban J connectivity index is 0.000000362. The highest BCUT2D eigenvalue weighted by atomic mass is 32.2. The second-order valence-corrected chi connectivity index (χ2v) is 5.51. The second-order valence-electron chi connectivity index (χ2n) is 4.10. The van der Waals surface area contributed by atoms with Gasteiger partial charge in [0, 0.05) is 13.1 Å². The Morgan fingerprint density at radius 1 is 1.42 bits per heavy atom. The first-order valence-electron chi connectivity index (χ1n) is 5.69. The molecule has 8 heteroatoms. The van der Waals surface area contributed by atoms with E-state index in [0.717, 1.165) is 6.54 Å². The number of unbranched alkanes of at least 4 members (excludes halogenated alkanes) is 1. The molecule has 1 rings (SSSR count). The number of alkyl halides is 3. The molecule has 0 saturated heterocycles. The fourth-order valence-corrected chi connectivity index (χ4v) is 1.27. The largest absolute Gasteiger partial charge is 0.522 e. The highest BCUT2D eigenvalue weighted by Crippen LogP contribution is 2.20. The third kappa shape index (κ3) is 7.89. The van der Waals surface area contributed by atoms with Crippen molar-refractivity contribution in [3.05, 3.63) is 23.9 Å². The van der Waals surface area contributed by atoms with Crippen molar-refractivity contribution in [3.8, 4) is 0 Å². The number of rotatable bonds is 3. The van der Waals surface area contributed by atoms with Crippen LogP contribution in [0.25, 0.3) is 0 Å². The van der Waals surface area contributed by atoms with Crippen LogP contribution in [-0.2, 0) is 10.1 Å². The number of hydrogen-bond donors (Lipinski definition) is 1. The molecular formula is C11H18F3NO3S. The number of halogens is 3. The van der Waals surface area contributed by atoms with Gasteiger partial charge in [0.2, 0.25) is 0 Å². The first-order valence-corrected chi connectivity index (χ1v) is 7.13. The average molecular weight is 301 g/mol. The fourth-order valence-electron chi connectivity index (χ4n) is 1.27. The summed E-state index contributed by atoms with van der Waals surface area (Å²) in [5, 5.41) is 0. The summed E-state index contributed by atoms with van der Waals surface area (Å²) in [4.78, 5) is 2.37. The van der Waals surface area contributed by atoms with Crippen LogP contribution in [0.1, 0.15) is 26.7 Å². The van der Waals surface area contributed by atoms with Gasteiger partial charge in [0.1, 0.15) is 0 Å². The lowest BCUT2D eigenvalue weighted by atomic mass is 10.2. The topological polar surface area (TPSA) is 57.6 Å². The van der Waals surface area contributed by atoms with Crippen molar-refractivity contribution in [2.24, 2.45) is 0 Å². The van der Waals surface area contributed by atoms with Crippen LogP contribution in [0.4, 0.5) is 13.2 Å². The molecule has 1 aliphatic heterocycles. The molecule has 0 aromatic carbocycles. The predicted molar refractivity (Wildman–Crippen MR) is 67.0 cm³/mol. The standard InChI is InChI=1S/C10H17N.CHF3O3S/c1-3-4-7-11-8-5-6-10(2)9-11;2-1(3,4)8(5,6)7/h5-6,8H,3-4,7,9H2,1-2H3;(H,5,6,7). The van der Waals surface area contributed by atoms with Gasteiger partial charge in [-0.15, -0.1) is 0 Å².